The molecule has 1 aliphatic heterocycles. The van der Waals surface area contributed by atoms with Crippen LogP contribution in [-0.4, -0.2) is 48.8 Å². The van der Waals surface area contributed by atoms with Crippen molar-refractivity contribution in [3.05, 3.63) is 24.2 Å². The van der Waals surface area contributed by atoms with E-state index >= 15 is 0 Å². The third kappa shape index (κ3) is 3.00. The molecule has 24 heavy (non-hydrogen) atoms. The maximum absolute atomic E-state index is 12.6. The molecule has 1 saturated heterocycles. The molecule has 0 radical (unpaired) electrons. The predicted molar refractivity (Wildman–Crippen MR) is 85.5 cm³/mol. The molecule has 2 heterocycles. The number of aliphatic carboxylic acids is 1. The number of hydrogen-bond donors (Lipinski definition) is 2. The number of fused-ring (bicyclic) bond motifs is 1. The number of rotatable bonds is 6. The van der Waals surface area contributed by atoms with Gasteiger partial charge in [-0.05, 0) is 37.3 Å². The van der Waals surface area contributed by atoms with Gasteiger partial charge in [0.25, 0.3) is 0 Å². The molecule has 2 fully saturated rings. The van der Waals surface area contributed by atoms with Gasteiger partial charge >= 0.3 is 12.0 Å². The molecule has 2 aliphatic rings. The number of nitrogens with zero attached hydrogens (tertiary/aromatic N) is 1. The quantitative estimate of drug-likeness (QED) is 0.831. The molecule has 0 bridgehead atoms. The van der Waals surface area contributed by atoms with Crippen molar-refractivity contribution >= 4 is 12.0 Å². The van der Waals surface area contributed by atoms with E-state index in [2.05, 4.69) is 5.32 Å². The van der Waals surface area contributed by atoms with Crippen LogP contribution in [0.5, 0.6) is 0 Å². The number of carbonyl (C=O) groups excluding carboxylic acids is 1. The zero-order valence-electron chi connectivity index (χ0n) is 13.9. The maximum atomic E-state index is 12.6. The van der Waals surface area contributed by atoms with Crippen molar-refractivity contribution in [3.8, 4) is 0 Å². The lowest BCUT2D eigenvalue weighted by Gasteiger charge is -2.25. The molecule has 7 heteroatoms. The number of furan rings is 1. The van der Waals surface area contributed by atoms with Crippen molar-refractivity contribution in [2.45, 2.75) is 31.7 Å². The van der Waals surface area contributed by atoms with E-state index in [1.807, 2.05) is 6.07 Å². The van der Waals surface area contributed by atoms with Crippen LogP contribution in [0.1, 0.15) is 37.5 Å². The van der Waals surface area contributed by atoms with Crippen molar-refractivity contribution in [2.24, 2.45) is 11.3 Å². The fourth-order valence-corrected chi connectivity index (χ4v) is 4.04. The summed E-state index contributed by atoms with van der Waals surface area (Å²) in [5.41, 5.74) is -0.760. The molecule has 7 nitrogen and oxygen atoms in total. The molecule has 1 aromatic rings. The van der Waals surface area contributed by atoms with Crippen LogP contribution in [0.4, 0.5) is 4.79 Å². The van der Waals surface area contributed by atoms with E-state index in [4.69, 9.17) is 9.15 Å². The molecule has 3 atom stereocenters. The molecule has 1 aliphatic carbocycles. The molecule has 0 spiro atoms. The minimum atomic E-state index is -0.776. The third-order valence-corrected chi connectivity index (χ3v) is 5.38. The van der Waals surface area contributed by atoms with E-state index < -0.39 is 11.4 Å². The van der Waals surface area contributed by atoms with Crippen molar-refractivity contribution in [3.63, 3.8) is 0 Å². The molecule has 3 rings (SSSR count). The molecular weight excluding hydrogens is 312 g/mol. The second-order valence-corrected chi connectivity index (χ2v) is 6.73. The van der Waals surface area contributed by atoms with Crippen molar-refractivity contribution in [1.82, 2.24) is 10.2 Å². The highest BCUT2D eigenvalue weighted by Crippen LogP contribution is 2.48. The summed E-state index contributed by atoms with van der Waals surface area (Å²) in [4.78, 5) is 26.0. The summed E-state index contributed by atoms with van der Waals surface area (Å²) < 4.78 is 10.5. The van der Waals surface area contributed by atoms with Gasteiger partial charge < -0.3 is 24.5 Å². The number of carboxylic acid groups (broad SMARTS) is 1. The lowest BCUT2D eigenvalue weighted by atomic mass is 9.81. The molecule has 0 aromatic carbocycles. The van der Waals surface area contributed by atoms with Gasteiger partial charge in [-0.2, -0.15) is 0 Å². The summed E-state index contributed by atoms with van der Waals surface area (Å²) in [5.74, 6) is -0.0446. The van der Waals surface area contributed by atoms with Gasteiger partial charge in [-0.15, -0.1) is 0 Å². The Hall–Kier alpha value is -2.02. The van der Waals surface area contributed by atoms with Crippen LogP contribution < -0.4 is 5.32 Å². The highest BCUT2D eigenvalue weighted by atomic mass is 16.5. The van der Waals surface area contributed by atoms with Crippen molar-refractivity contribution in [2.75, 3.05) is 26.8 Å². The fraction of sp³-hybridized carbons (Fsp3) is 0.647. The Morgan fingerprint density at radius 3 is 3.04 bits per heavy atom. The Morgan fingerprint density at radius 2 is 2.42 bits per heavy atom. The summed E-state index contributed by atoms with van der Waals surface area (Å²) in [5, 5.41) is 12.6. The second kappa shape index (κ2) is 6.84. The van der Waals surface area contributed by atoms with Gasteiger partial charge in [-0.3, -0.25) is 4.79 Å². The number of urea groups is 1. The highest BCUT2D eigenvalue weighted by Gasteiger charge is 2.55. The average Bonchev–Trinajstić information content (AvgIpc) is 3.25. The maximum Gasteiger partial charge on any atom is 0.318 e. The first-order valence-corrected chi connectivity index (χ1v) is 8.38. The molecule has 1 saturated carbocycles. The van der Waals surface area contributed by atoms with E-state index in [-0.39, 0.29) is 24.5 Å². The molecule has 1 unspecified atom stereocenters. The van der Waals surface area contributed by atoms with Crippen molar-refractivity contribution in [1.29, 1.82) is 0 Å². The lowest BCUT2D eigenvalue weighted by molar-refractivity contribution is -0.149. The number of methoxy groups -OCH3 is 1. The number of hydrogen-bond acceptors (Lipinski definition) is 4. The highest BCUT2D eigenvalue weighted by molar-refractivity contribution is 5.80. The van der Waals surface area contributed by atoms with Gasteiger partial charge in [0.15, 0.2) is 0 Å². The largest absolute Gasteiger partial charge is 0.481 e. The Kier molecular flexibility index (Phi) is 4.80. The zero-order chi connectivity index (χ0) is 17.2. The van der Waals surface area contributed by atoms with Gasteiger partial charge in [0.2, 0.25) is 0 Å². The molecule has 132 valence electrons. The molecule has 1 aromatic heterocycles. The topological polar surface area (TPSA) is 92.0 Å². The first kappa shape index (κ1) is 16.8. The van der Waals surface area contributed by atoms with Crippen LogP contribution in [0, 0.1) is 11.3 Å². The lowest BCUT2D eigenvalue weighted by Crippen LogP contribution is -2.43. The zero-order valence-corrected chi connectivity index (χ0v) is 13.9. The molecular formula is C17H24N2O5. The summed E-state index contributed by atoms with van der Waals surface area (Å²) in [6.45, 7) is 1.29. The van der Waals surface area contributed by atoms with Crippen LogP contribution in [0.3, 0.4) is 0 Å². The number of likely N-dealkylation sites (tertiary alicyclic amines) is 1. The van der Waals surface area contributed by atoms with E-state index in [1.54, 1.807) is 24.3 Å². The Balaban J connectivity index is 1.67. The van der Waals surface area contributed by atoms with Crippen molar-refractivity contribution < 1.29 is 23.8 Å². The fourth-order valence-electron chi connectivity index (χ4n) is 4.04. The second-order valence-electron chi connectivity index (χ2n) is 6.73. The SMILES string of the molecule is COCCC(NC(=O)N1C[C@@H]2CCC[C@@]2(C(=O)O)C1)c1ccco1. The Labute approximate surface area is 140 Å². The Morgan fingerprint density at radius 1 is 1.58 bits per heavy atom. The summed E-state index contributed by atoms with van der Waals surface area (Å²) >= 11 is 0. The number of amides is 2. The van der Waals surface area contributed by atoms with Gasteiger partial charge in [0.1, 0.15) is 5.76 Å². The number of ether oxygens (including phenoxy) is 1. The Bertz CT molecular complexity index is 588. The summed E-state index contributed by atoms with van der Waals surface area (Å²) in [6, 6.07) is 3.08. The van der Waals surface area contributed by atoms with E-state index in [0.29, 0.717) is 31.8 Å². The third-order valence-electron chi connectivity index (χ3n) is 5.38. The minimum absolute atomic E-state index is 0.0572. The van der Waals surface area contributed by atoms with Gasteiger partial charge in [0, 0.05) is 26.8 Å². The smallest absolute Gasteiger partial charge is 0.318 e. The van der Waals surface area contributed by atoms with Crippen LogP contribution in [0.25, 0.3) is 0 Å². The summed E-state index contributed by atoms with van der Waals surface area (Å²) in [7, 11) is 1.61. The molecule has 2 N–H and O–H groups in total. The predicted octanol–water partition coefficient (Wildman–Crippen LogP) is 2.25. The summed E-state index contributed by atoms with van der Waals surface area (Å²) in [6.07, 6.45) is 4.62. The van der Waals surface area contributed by atoms with Gasteiger partial charge in [-0.1, -0.05) is 6.42 Å². The normalized spacial score (nSPS) is 27.0. The van der Waals surface area contributed by atoms with Gasteiger partial charge in [-0.25, -0.2) is 4.79 Å². The van der Waals surface area contributed by atoms with E-state index in [9.17, 15) is 14.7 Å². The number of nitrogens with one attached hydrogen (secondary N) is 1. The monoisotopic (exact) mass is 336 g/mol. The van der Waals surface area contributed by atoms with Crippen LogP contribution in [-0.2, 0) is 9.53 Å². The standard InChI is InChI=1S/C17H24N2O5/c1-23-9-6-13(14-5-3-8-24-14)18-16(22)19-10-12-4-2-7-17(12,11-19)15(20)21/h3,5,8,12-13H,2,4,6-7,9-11H2,1H3,(H,18,22)(H,20,21)/t12-,13?,17+/m0/s1. The first-order chi connectivity index (χ1) is 11.6. The van der Waals surface area contributed by atoms with Crippen LogP contribution in [0.2, 0.25) is 0 Å². The van der Waals surface area contributed by atoms with E-state index in [0.717, 1.165) is 12.8 Å². The van der Waals surface area contributed by atoms with Crippen LogP contribution >= 0.6 is 0 Å². The molecule has 2 amide bonds. The van der Waals surface area contributed by atoms with Gasteiger partial charge in [0.05, 0.1) is 17.7 Å². The number of carbonyl (C=O) groups is 2. The van der Waals surface area contributed by atoms with E-state index in [1.165, 1.54) is 0 Å². The number of carboxylic acids is 1. The van der Waals surface area contributed by atoms with Crippen LogP contribution in [0.15, 0.2) is 22.8 Å². The minimum Gasteiger partial charge on any atom is -0.481 e. The average molecular weight is 336 g/mol. The first-order valence-electron chi connectivity index (χ1n) is 8.38.